The van der Waals surface area contributed by atoms with Gasteiger partial charge in [-0.05, 0) is 50.0 Å². The Morgan fingerprint density at radius 1 is 1.33 bits per heavy atom. The first-order chi connectivity index (χ1) is 8.74. The van der Waals surface area contributed by atoms with Crippen LogP contribution in [0.15, 0.2) is 30.3 Å². The molecular formula is C16H22O2. The summed E-state index contributed by atoms with van der Waals surface area (Å²) in [4.78, 5) is 0. The van der Waals surface area contributed by atoms with Crippen LogP contribution in [0.2, 0.25) is 0 Å². The predicted molar refractivity (Wildman–Crippen MR) is 71.3 cm³/mol. The minimum absolute atomic E-state index is 0.0798. The summed E-state index contributed by atoms with van der Waals surface area (Å²) < 4.78 is 5.81. The van der Waals surface area contributed by atoms with Gasteiger partial charge in [-0.25, -0.2) is 0 Å². The second-order valence-electron chi connectivity index (χ2n) is 5.79. The Kier molecular flexibility index (Phi) is 3.16. The van der Waals surface area contributed by atoms with E-state index in [9.17, 15) is 5.11 Å². The minimum atomic E-state index is -0.475. The number of hydrogen-bond donors (Lipinski definition) is 1. The van der Waals surface area contributed by atoms with Gasteiger partial charge in [-0.1, -0.05) is 30.3 Å². The summed E-state index contributed by atoms with van der Waals surface area (Å²) in [7, 11) is 0. The van der Waals surface area contributed by atoms with E-state index in [0.717, 1.165) is 25.7 Å². The molecule has 2 nitrogen and oxygen atoms in total. The lowest BCUT2D eigenvalue weighted by Crippen LogP contribution is -2.34. The Morgan fingerprint density at radius 3 is 2.83 bits per heavy atom. The molecule has 18 heavy (non-hydrogen) atoms. The van der Waals surface area contributed by atoms with E-state index in [-0.39, 0.29) is 6.10 Å². The fraction of sp³-hybridized carbons (Fsp3) is 0.625. The van der Waals surface area contributed by atoms with Crippen LogP contribution in [0.4, 0.5) is 0 Å². The molecule has 0 heterocycles. The van der Waals surface area contributed by atoms with Crippen LogP contribution in [0.3, 0.4) is 0 Å². The van der Waals surface area contributed by atoms with Gasteiger partial charge in [0, 0.05) is 6.61 Å². The molecule has 0 aliphatic heterocycles. The van der Waals surface area contributed by atoms with Crippen LogP contribution in [0.5, 0.6) is 0 Å². The average Bonchev–Trinajstić information content (AvgIpc) is 2.97. The van der Waals surface area contributed by atoms with Gasteiger partial charge in [-0.2, -0.15) is 0 Å². The third kappa shape index (κ3) is 2.08. The Morgan fingerprint density at radius 2 is 2.11 bits per heavy atom. The Balaban J connectivity index is 1.60. The van der Waals surface area contributed by atoms with E-state index >= 15 is 0 Å². The van der Waals surface area contributed by atoms with Gasteiger partial charge in [0.15, 0.2) is 0 Å². The van der Waals surface area contributed by atoms with Crippen molar-refractivity contribution in [2.75, 3.05) is 6.61 Å². The SMILES string of the molecule is CCOC1C(CCc2ccccc2)CC2CC21O. The van der Waals surface area contributed by atoms with Crippen LogP contribution in [-0.4, -0.2) is 23.4 Å². The van der Waals surface area contributed by atoms with Crippen molar-refractivity contribution in [3.05, 3.63) is 35.9 Å². The van der Waals surface area contributed by atoms with Crippen LogP contribution >= 0.6 is 0 Å². The molecule has 3 rings (SSSR count). The number of ether oxygens (including phenoxy) is 1. The molecule has 2 saturated carbocycles. The molecule has 2 aliphatic rings. The maximum Gasteiger partial charge on any atom is 0.0943 e. The van der Waals surface area contributed by atoms with Crippen molar-refractivity contribution >= 4 is 0 Å². The zero-order valence-electron chi connectivity index (χ0n) is 11.0. The van der Waals surface area contributed by atoms with Gasteiger partial charge in [0.05, 0.1) is 11.7 Å². The van der Waals surface area contributed by atoms with E-state index in [2.05, 4.69) is 30.3 Å². The highest BCUT2D eigenvalue weighted by Crippen LogP contribution is 2.59. The number of hydrogen-bond acceptors (Lipinski definition) is 2. The van der Waals surface area contributed by atoms with Crippen LogP contribution in [0.1, 0.15) is 31.7 Å². The lowest BCUT2D eigenvalue weighted by atomic mass is 9.92. The zero-order chi connectivity index (χ0) is 12.6. The maximum atomic E-state index is 10.4. The highest BCUT2D eigenvalue weighted by molar-refractivity contribution is 5.19. The second-order valence-corrected chi connectivity index (χ2v) is 5.79. The minimum Gasteiger partial charge on any atom is -0.387 e. The second kappa shape index (κ2) is 4.67. The number of aryl methyl sites for hydroxylation is 1. The molecule has 2 aliphatic carbocycles. The maximum absolute atomic E-state index is 10.4. The number of aliphatic hydroxyl groups is 1. The highest BCUT2D eigenvalue weighted by Gasteiger charge is 2.66. The molecule has 0 aromatic heterocycles. The van der Waals surface area contributed by atoms with E-state index in [1.54, 1.807) is 0 Å². The van der Waals surface area contributed by atoms with Gasteiger partial charge >= 0.3 is 0 Å². The molecule has 4 unspecified atom stereocenters. The van der Waals surface area contributed by atoms with Crippen molar-refractivity contribution in [1.29, 1.82) is 0 Å². The number of fused-ring (bicyclic) bond motifs is 1. The molecule has 1 N–H and O–H groups in total. The smallest absolute Gasteiger partial charge is 0.0943 e. The molecule has 98 valence electrons. The summed E-state index contributed by atoms with van der Waals surface area (Å²) in [6, 6.07) is 10.6. The van der Waals surface area contributed by atoms with Crippen LogP contribution in [0.25, 0.3) is 0 Å². The fourth-order valence-corrected chi connectivity index (χ4v) is 3.59. The third-order valence-corrected chi connectivity index (χ3v) is 4.62. The van der Waals surface area contributed by atoms with E-state index in [1.165, 1.54) is 5.56 Å². The predicted octanol–water partition coefficient (Wildman–Crippen LogP) is 2.80. The monoisotopic (exact) mass is 246 g/mol. The van der Waals surface area contributed by atoms with E-state index in [4.69, 9.17) is 4.74 Å². The molecule has 0 spiro atoms. The van der Waals surface area contributed by atoms with Crippen molar-refractivity contribution in [3.63, 3.8) is 0 Å². The van der Waals surface area contributed by atoms with Crippen LogP contribution in [-0.2, 0) is 11.2 Å². The Hall–Kier alpha value is -0.860. The molecule has 1 aromatic rings. The third-order valence-electron chi connectivity index (χ3n) is 4.62. The molecule has 0 amide bonds. The summed E-state index contributed by atoms with van der Waals surface area (Å²) in [6.45, 7) is 2.73. The molecule has 0 radical (unpaired) electrons. The number of rotatable bonds is 5. The lowest BCUT2D eigenvalue weighted by molar-refractivity contribution is -0.0627. The zero-order valence-corrected chi connectivity index (χ0v) is 11.0. The molecule has 0 saturated heterocycles. The van der Waals surface area contributed by atoms with E-state index < -0.39 is 5.60 Å². The summed E-state index contributed by atoms with van der Waals surface area (Å²) in [5.74, 6) is 1.05. The first kappa shape index (κ1) is 12.2. The van der Waals surface area contributed by atoms with Gasteiger partial charge < -0.3 is 9.84 Å². The van der Waals surface area contributed by atoms with Crippen LogP contribution in [0, 0.1) is 11.8 Å². The molecule has 1 aromatic carbocycles. The highest BCUT2D eigenvalue weighted by atomic mass is 16.5. The molecule has 0 bridgehead atoms. The molecule has 2 fully saturated rings. The quantitative estimate of drug-likeness (QED) is 0.865. The van der Waals surface area contributed by atoms with Gasteiger partial charge in [0.1, 0.15) is 0 Å². The fourth-order valence-electron chi connectivity index (χ4n) is 3.59. The topological polar surface area (TPSA) is 29.5 Å². The summed E-state index contributed by atoms with van der Waals surface area (Å²) in [5, 5.41) is 10.4. The normalized spacial score (nSPS) is 37.6. The largest absolute Gasteiger partial charge is 0.387 e. The number of benzene rings is 1. The van der Waals surface area contributed by atoms with Gasteiger partial charge in [0.25, 0.3) is 0 Å². The van der Waals surface area contributed by atoms with Crippen LogP contribution < -0.4 is 0 Å². The first-order valence-corrected chi connectivity index (χ1v) is 7.12. The first-order valence-electron chi connectivity index (χ1n) is 7.12. The van der Waals surface area contributed by atoms with Gasteiger partial charge in [-0.3, -0.25) is 0 Å². The van der Waals surface area contributed by atoms with Crippen molar-refractivity contribution in [3.8, 4) is 0 Å². The Labute approximate surface area is 109 Å². The van der Waals surface area contributed by atoms with Gasteiger partial charge in [0.2, 0.25) is 0 Å². The lowest BCUT2D eigenvalue weighted by Gasteiger charge is -2.25. The average molecular weight is 246 g/mol. The molecule has 4 atom stereocenters. The van der Waals surface area contributed by atoms with E-state index in [1.807, 2.05) is 6.92 Å². The van der Waals surface area contributed by atoms with Crippen molar-refractivity contribution in [1.82, 2.24) is 0 Å². The van der Waals surface area contributed by atoms with Crippen molar-refractivity contribution in [2.24, 2.45) is 11.8 Å². The van der Waals surface area contributed by atoms with Crippen molar-refractivity contribution < 1.29 is 9.84 Å². The summed E-state index contributed by atoms with van der Waals surface area (Å²) in [5.41, 5.74) is 0.914. The standard InChI is InChI=1S/C16H22O2/c1-2-18-15-13(10-14-11-16(14,15)17)9-8-12-6-4-3-5-7-12/h3-7,13-15,17H,2,8-11H2,1H3. The van der Waals surface area contributed by atoms with E-state index in [0.29, 0.717) is 18.4 Å². The molecule has 2 heteroatoms. The van der Waals surface area contributed by atoms with Gasteiger partial charge in [-0.15, -0.1) is 0 Å². The summed E-state index contributed by atoms with van der Waals surface area (Å²) in [6.07, 6.45) is 4.41. The summed E-state index contributed by atoms with van der Waals surface area (Å²) >= 11 is 0. The Bertz CT molecular complexity index is 403. The van der Waals surface area contributed by atoms with Crippen molar-refractivity contribution in [2.45, 2.75) is 44.3 Å². The molecular weight excluding hydrogens is 224 g/mol.